The number of para-hydroxylation sites is 1. The third kappa shape index (κ3) is 5.81. The zero-order valence-electron chi connectivity index (χ0n) is 29.6. The first kappa shape index (κ1) is 31.6. The van der Waals surface area contributed by atoms with Gasteiger partial charge in [0.1, 0.15) is 11.3 Å². The lowest BCUT2D eigenvalue weighted by atomic mass is 9.96. The highest BCUT2D eigenvalue weighted by molar-refractivity contribution is 5.99. The predicted octanol–water partition coefficient (Wildman–Crippen LogP) is 14.9. The van der Waals surface area contributed by atoms with Gasteiger partial charge in [0.05, 0.1) is 5.69 Å². The van der Waals surface area contributed by atoms with Crippen LogP contribution in [-0.4, -0.2) is 0 Å². The van der Waals surface area contributed by atoms with Gasteiger partial charge in [-0.1, -0.05) is 164 Å². The Morgan fingerprint density at radius 2 is 0.815 bits per heavy atom. The SMILES string of the molecule is c1cc(-c2ccc(N(c3ccc(-c4ccc(-c5cccc6ccccc56)cc4)cc3)c3cccc4ccccc34)cc2)cc(-c2cc3ccccc3o2)c1. The molecule has 0 bridgehead atoms. The molecule has 0 aliphatic heterocycles. The van der Waals surface area contributed by atoms with Gasteiger partial charge in [-0.3, -0.25) is 0 Å². The molecule has 0 atom stereocenters. The van der Waals surface area contributed by atoms with Crippen LogP contribution in [0.2, 0.25) is 0 Å². The molecule has 1 heterocycles. The maximum absolute atomic E-state index is 6.20. The summed E-state index contributed by atoms with van der Waals surface area (Å²) in [5, 5.41) is 6.05. The quantitative estimate of drug-likeness (QED) is 0.166. The molecule has 0 unspecified atom stereocenters. The Morgan fingerprint density at radius 3 is 1.52 bits per heavy atom. The molecule has 0 saturated heterocycles. The van der Waals surface area contributed by atoms with Crippen molar-refractivity contribution < 1.29 is 4.42 Å². The standard InChI is InChI=1S/C52H35NO/c1-4-17-47-39(10-1)13-8-19-48(47)41-24-22-36(23-25-41)37-26-30-45(31-27-37)53(50-20-9-14-40-11-2-5-18-49(40)50)46-32-28-38(29-33-46)42-15-7-16-43(34-42)52-35-44-12-3-6-21-51(44)54-52/h1-35H. The fourth-order valence-electron chi connectivity index (χ4n) is 7.73. The molecule has 254 valence electrons. The average molecular weight is 690 g/mol. The molecule has 1 aromatic heterocycles. The van der Waals surface area contributed by atoms with Crippen LogP contribution in [-0.2, 0) is 0 Å². The van der Waals surface area contributed by atoms with E-state index in [0.29, 0.717) is 0 Å². The van der Waals surface area contributed by atoms with Crippen LogP contribution in [0.15, 0.2) is 217 Å². The van der Waals surface area contributed by atoms with Crippen LogP contribution in [0.25, 0.3) is 77.2 Å². The van der Waals surface area contributed by atoms with E-state index < -0.39 is 0 Å². The van der Waals surface area contributed by atoms with Gasteiger partial charge in [-0.05, 0) is 98.1 Å². The molecular formula is C52H35NO. The van der Waals surface area contributed by atoms with Crippen molar-refractivity contribution in [3.8, 4) is 44.7 Å². The molecule has 0 spiro atoms. The van der Waals surface area contributed by atoms with E-state index in [2.05, 4.69) is 199 Å². The summed E-state index contributed by atoms with van der Waals surface area (Å²) in [6.45, 7) is 0. The van der Waals surface area contributed by atoms with E-state index in [1.807, 2.05) is 18.2 Å². The Labute approximate surface area is 314 Å². The van der Waals surface area contributed by atoms with Crippen LogP contribution in [0, 0.1) is 0 Å². The normalized spacial score (nSPS) is 11.3. The number of hydrogen-bond acceptors (Lipinski definition) is 2. The molecule has 0 N–H and O–H groups in total. The molecule has 2 heteroatoms. The zero-order chi connectivity index (χ0) is 35.8. The van der Waals surface area contributed by atoms with Crippen molar-refractivity contribution in [2.45, 2.75) is 0 Å². The smallest absolute Gasteiger partial charge is 0.135 e. The van der Waals surface area contributed by atoms with E-state index in [0.717, 1.165) is 50.5 Å². The largest absolute Gasteiger partial charge is 0.456 e. The lowest BCUT2D eigenvalue weighted by Gasteiger charge is -2.27. The number of furan rings is 1. The van der Waals surface area contributed by atoms with Gasteiger partial charge >= 0.3 is 0 Å². The predicted molar refractivity (Wildman–Crippen MR) is 228 cm³/mol. The first-order valence-corrected chi connectivity index (χ1v) is 18.4. The second kappa shape index (κ2) is 13.4. The van der Waals surface area contributed by atoms with Gasteiger partial charge in [-0.25, -0.2) is 0 Å². The first-order chi connectivity index (χ1) is 26.7. The van der Waals surface area contributed by atoms with Gasteiger partial charge in [-0.15, -0.1) is 0 Å². The van der Waals surface area contributed by atoms with Gasteiger partial charge in [0.15, 0.2) is 0 Å². The summed E-state index contributed by atoms with van der Waals surface area (Å²) >= 11 is 0. The number of rotatable bonds is 7. The Morgan fingerprint density at radius 1 is 0.315 bits per heavy atom. The van der Waals surface area contributed by atoms with E-state index in [1.54, 1.807) is 0 Å². The third-order valence-corrected chi connectivity index (χ3v) is 10.5. The Bertz CT molecular complexity index is 2880. The molecule has 0 radical (unpaired) electrons. The summed E-state index contributed by atoms with van der Waals surface area (Å²) in [5.74, 6) is 0.876. The van der Waals surface area contributed by atoms with E-state index >= 15 is 0 Å². The monoisotopic (exact) mass is 689 g/mol. The van der Waals surface area contributed by atoms with Crippen molar-refractivity contribution in [2.75, 3.05) is 4.90 Å². The molecular weight excluding hydrogens is 655 g/mol. The summed E-state index contributed by atoms with van der Waals surface area (Å²) in [6.07, 6.45) is 0. The zero-order valence-corrected chi connectivity index (χ0v) is 29.6. The summed E-state index contributed by atoms with van der Waals surface area (Å²) in [4.78, 5) is 2.37. The van der Waals surface area contributed by atoms with Crippen molar-refractivity contribution in [1.29, 1.82) is 0 Å². The molecule has 9 aromatic carbocycles. The minimum Gasteiger partial charge on any atom is -0.456 e. The molecule has 0 fully saturated rings. The summed E-state index contributed by atoms with van der Waals surface area (Å²) in [5.41, 5.74) is 12.4. The van der Waals surface area contributed by atoms with Gasteiger partial charge in [-0.2, -0.15) is 0 Å². The average Bonchev–Trinajstić information content (AvgIpc) is 3.69. The second-order valence-corrected chi connectivity index (χ2v) is 13.8. The molecule has 10 aromatic rings. The van der Waals surface area contributed by atoms with Crippen molar-refractivity contribution in [2.24, 2.45) is 0 Å². The number of anilines is 3. The van der Waals surface area contributed by atoms with E-state index in [1.165, 1.54) is 43.8 Å². The maximum Gasteiger partial charge on any atom is 0.135 e. The Kier molecular flexibility index (Phi) is 7.85. The van der Waals surface area contributed by atoms with Crippen LogP contribution in [0.4, 0.5) is 17.1 Å². The summed E-state index contributed by atoms with van der Waals surface area (Å²) < 4.78 is 6.20. The number of hydrogen-bond donors (Lipinski definition) is 0. The van der Waals surface area contributed by atoms with Gasteiger partial charge in [0, 0.05) is 27.7 Å². The van der Waals surface area contributed by atoms with E-state index in [4.69, 9.17) is 4.42 Å². The van der Waals surface area contributed by atoms with Crippen LogP contribution < -0.4 is 4.90 Å². The van der Waals surface area contributed by atoms with Crippen LogP contribution in [0.5, 0.6) is 0 Å². The van der Waals surface area contributed by atoms with Crippen LogP contribution in [0.1, 0.15) is 0 Å². The van der Waals surface area contributed by atoms with Crippen molar-refractivity contribution >= 4 is 49.6 Å². The number of fused-ring (bicyclic) bond motifs is 3. The maximum atomic E-state index is 6.20. The third-order valence-electron chi connectivity index (χ3n) is 10.5. The molecule has 0 aliphatic carbocycles. The second-order valence-electron chi connectivity index (χ2n) is 13.8. The highest BCUT2D eigenvalue weighted by Crippen LogP contribution is 2.41. The van der Waals surface area contributed by atoms with Gasteiger partial charge in [0.2, 0.25) is 0 Å². The number of nitrogens with zero attached hydrogens (tertiary/aromatic N) is 1. The molecule has 54 heavy (non-hydrogen) atoms. The highest BCUT2D eigenvalue weighted by Gasteiger charge is 2.16. The lowest BCUT2D eigenvalue weighted by molar-refractivity contribution is 0.631. The highest BCUT2D eigenvalue weighted by atomic mass is 16.3. The fraction of sp³-hybridized carbons (Fsp3) is 0. The lowest BCUT2D eigenvalue weighted by Crippen LogP contribution is -2.10. The molecule has 0 saturated carbocycles. The Balaban J connectivity index is 0.988. The van der Waals surface area contributed by atoms with Crippen molar-refractivity contribution in [3.63, 3.8) is 0 Å². The fourth-order valence-corrected chi connectivity index (χ4v) is 7.73. The van der Waals surface area contributed by atoms with Crippen molar-refractivity contribution in [1.82, 2.24) is 0 Å². The van der Waals surface area contributed by atoms with Gasteiger partial charge < -0.3 is 9.32 Å². The van der Waals surface area contributed by atoms with Crippen LogP contribution >= 0.6 is 0 Å². The minimum atomic E-state index is 0.876. The molecule has 0 amide bonds. The van der Waals surface area contributed by atoms with E-state index in [-0.39, 0.29) is 0 Å². The Hall–Kier alpha value is -7.16. The molecule has 2 nitrogen and oxygen atoms in total. The topological polar surface area (TPSA) is 16.4 Å². The van der Waals surface area contributed by atoms with Crippen LogP contribution in [0.3, 0.4) is 0 Å². The van der Waals surface area contributed by atoms with Gasteiger partial charge in [0.25, 0.3) is 0 Å². The van der Waals surface area contributed by atoms with Crippen molar-refractivity contribution in [3.05, 3.63) is 212 Å². The first-order valence-electron chi connectivity index (χ1n) is 18.4. The van der Waals surface area contributed by atoms with E-state index in [9.17, 15) is 0 Å². The summed E-state index contributed by atoms with van der Waals surface area (Å²) in [7, 11) is 0. The molecule has 10 rings (SSSR count). The summed E-state index contributed by atoms with van der Waals surface area (Å²) in [6, 6.07) is 75.9. The number of benzene rings is 9. The minimum absolute atomic E-state index is 0.876. The molecule has 0 aliphatic rings.